The summed E-state index contributed by atoms with van der Waals surface area (Å²) in [6, 6.07) is 6.27. The molecule has 1 aliphatic rings. The number of nitrogens with one attached hydrogen (secondary N) is 2. The first kappa shape index (κ1) is 18.5. The molecule has 134 valence electrons. The van der Waals surface area contributed by atoms with Gasteiger partial charge in [0.2, 0.25) is 0 Å². The second-order valence-corrected chi connectivity index (χ2v) is 5.95. The normalized spacial score (nSPS) is 16.0. The molecule has 0 aromatic heterocycles. The van der Waals surface area contributed by atoms with Crippen molar-refractivity contribution in [3.05, 3.63) is 29.3 Å². The van der Waals surface area contributed by atoms with Crippen LogP contribution in [0.25, 0.3) is 0 Å². The van der Waals surface area contributed by atoms with Crippen LogP contribution < -0.4 is 15.4 Å². The summed E-state index contributed by atoms with van der Waals surface area (Å²) in [5.41, 5.74) is 2.47. The summed E-state index contributed by atoms with van der Waals surface area (Å²) >= 11 is 0. The molecule has 2 rings (SSSR count). The minimum absolute atomic E-state index is 0.817. The molecule has 2 N–H and O–H groups in total. The van der Waals surface area contributed by atoms with Gasteiger partial charge in [0.25, 0.3) is 0 Å². The Hall–Kier alpha value is -1.79. The number of methoxy groups -OCH3 is 1. The lowest BCUT2D eigenvalue weighted by Crippen LogP contribution is -2.44. The van der Waals surface area contributed by atoms with Crippen LogP contribution in [0.1, 0.15) is 11.1 Å². The molecule has 0 aliphatic carbocycles. The van der Waals surface area contributed by atoms with Crippen LogP contribution in [0.4, 0.5) is 0 Å². The van der Waals surface area contributed by atoms with Gasteiger partial charge in [-0.3, -0.25) is 9.89 Å². The molecule has 0 bridgehead atoms. The molecule has 24 heavy (non-hydrogen) atoms. The third kappa shape index (κ3) is 6.02. The second-order valence-electron chi connectivity index (χ2n) is 5.95. The molecule has 1 fully saturated rings. The molecule has 0 spiro atoms. The maximum absolute atomic E-state index is 5.43. The minimum atomic E-state index is 0.817. The van der Waals surface area contributed by atoms with E-state index in [-0.39, 0.29) is 0 Å². The van der Waals surface area contributed by atoms with E-state index in [1.807, 2.05) is 6.07 Å². The Kier molecular flexibility index (Phi) is 7.85. The Morgan fingerprint density at radius 3 is 2.71 bits per heavy atom. The molecule has 0 saturated carbocycles. The first-order valence-corrected chi connectivity index (χ1v) is 8.61. The van der Waals surface area contributed by atoms with Crippen LogP contribution in [-0.4, -0.2) is 71.0 Å². The Bertz CT molecular complexity index is 528. The van der Waals surface area contributed by atoms with Crippen LogP contribution in [0.15, 0.2) is 23.2 Å². The topological polar surface area (TPSA) is 58.1 Å². The van der Waals surface area contributed by atoms with E-state index < -0.39 is 0 Å². The molecule has 1 aliphatic heterocycles. The third-order valence-corrected chi connectivity index (χ3v) is 4.17. The second kappa shape index (κ2) is 10.2. The van der Waals surface area contributed by atoms with E-state index in [4.69, 9.17) is 9.47 Å². The van der Waals surface area contributed by atoms with E-state index in [1.54, 1.807) is 14.2 Å². The van der Waals surface area contributed by atoms with Gasteiger partial charge < -0.3 is 20.1 Å². The number of morpholine rings is 1. The van der Waals surface area contributed by atoms with E-state index in [1.165, 1.54) is 11.1 Å². The first-order chi connectivity index (χ1) is 11.7. The van der Waals surface area contributed by atoms with Gasteiger partial charge in [0.05, 0.1) is 20.3 Å². The van der Waals surface area contributed by atoms with Crippen LogP contribution in [0, 0.1) is 6.92 Å². The summed E-state index contributed by atoms with van der Waals surface area (Å²) in [6.07, 6.45) is 0.898. The van der Waals surface area contributed by atoms with Gasteiger partial charge in [-0.15, -0.1) is 0 Å². The van der Waals surface area contributed by atoms with E-state index in [2.05, 4.69) is 39.6 Å². The van der Waals surface area contributed by atoms with Crippen LogP contribution in [0.5, 0.6) is 5.75 Å². The SMILES string of the molecule is CN=C(NCCc1cc(C)ccc1OC)NCCN1CCOCC1. The number of ether oxygens (including phenoxy) is 2. The van der Waals surface area contributed by atoms with E-state index in [9.17, 15) is 0 Å². The van der Waals surface area contributed by atoms with Gasteiger partial charge >= 0.3 is 0 Å². The lowest BCUT2D eigenvalue weighted by molar-refractivity contribution is 0.0389. The van der Waals surface area contributed by atoms with Crippen molar-refractivity contribution in [3.63, 3.8) is 0 Å². The molecule has 1 aromatic carbocycles. The van der Waals surface area contributed by atoms with Crippen molar-refractivity contribution in [2.45, 2.75) is 13.3 Å². The summed E-state index contributed by atoms with van der Waals surface area (Å²) in [5.74, 6) is 1.78. The van der Waals surface area contributed by atoms with Gasteiger partial charge in [0.15, 0.2) is 5.96 Å². The van der Waals surface area contributed by atoms with Crippen molar-refractivity contribution in [1.29, 1.82) is 0 Å². The van der Waals surface area contributed by atoms with E-state index >= 15 is 0 Å². The first-order valence-electron chi connectivity index (χ1n) is 8.61. The quantitative estimate of drug-likeness (QED) is 0.576. The number of benzene rings is 1. The maximum Gasteiger partial charge on any atom is 0.191 e. The van der Waals surface area contributed by atoms with Gasteiger partial charge in [0, 0.05) is 39.8 Å². The highest BCUT2D eigenvalue weighted by Gasteiger charge is 2.09. The molecule has 6 nitrogen and oxygen atoms in total. The minimum Gasteiger partial charge on any atom is -0.496 e. The molecular formula is C18H30N4O2. The number of nitrogens with zero attached hydrogens (tertiary/aromatic N) is 2. The predicted octanol–water partition coefficient (Wildman–Crippen LogP) is 1.04. The van der Waals surface area contributed by atoms with Crippen molar-refractivity contribution >= 4 is 5.96 Å². The van der Waals surface area contributed by atoms with Crippen molar-refractivity contribution in [2.75, 3.05) is 60.1 Å². The molecule has 1 saturated heterocycles. The smallest absolute Gasteiger partial charge is 0.191 e. The van der Waals surface area contributed by atoms with Crippen molar-refractivity contribution in [3.8, 4) is 5.75 Å². The Morgan fingerprint density at radius 2 is 2.00 bits per heavy atom. The zero-order valence-electron chi connectivity index (χ0n) is 15.1. The Morgan fingerprint density at radius 1 is 1.25 bits per heavy atom. The van der Waals surface area contributed by atoms with Gasteiger partial charge in [-0.05, 0) is 25.0 Å². The number of aliphatic imine (C=N–C) groups is 1. The van der Waals surface area contributed by atoms with Crippen molar-refractivity contribution in [1.82, 2.24) is 15.5 Å². The Balaban J connectivity index is 1.70. The molecule has 1 aromatic rings. The fourth-order valence-corrected chi connectivity index (χ4v) is 2.80. The Labute approximate surface area is 145 Å². The van der Waals surface area contributed by atoms with Crippen LogP contribution in [0.3, 0.4) is 0 Å². The van der Waals surface area contributed by atoms with Crippen LogP contribution >= 0.6 is 0 Å². The van der Waals surface area contributed by atoms with Crippen molar-refractivity contribution in [2.24, 2.45) is 4.99 Å². The monoisotopic (exact) mass is 334 g/mol. The van der Waals surface area contributed by atoms with Gasteiger partial charge in [0.1, 0.15) is 5.75 Å². The maximum atomic E-state index is 5.43. The number of hydrogen-bond acceptors (Lipinski definition) is 4. The number of rotatable bonds is 7. The summed E-state index contributed by atoms with van der Waals surface area (Å²) in [4.78, 5) is 6.69. The molecule has 1 heterocycles. The highest BCUT2D eigenvalue weighted by molar-refractivity contribution is 5.79. The molecule has 0 unspecified atom stereocenters. The molecular weight excluding hydrogens is 304 g/mol. The summed E-state index contributed by atoms with van der Waals surface area (Å²) in [6.45, 7) is 8.51. The lowest BCUT2D eigenvalue weighted by Gasteiger charge is -2.26. The van der Waals surface area contributed by atoms with Gasteiger partial charge in [-0.2, -0.15) is 0 Å². The van der Waals surface area contributed by atoms with E-state index in [0.29, 0.717) is 0 Å². The third-order valence-electron chi connectivity index (χ3n) is 4.17. The average molecular weight is 334 g/mol. The number of aryl methyl sites for hydroxylation is 1. The summed E-state index contributed by atoms with van der Waals surface area (Å²) < 4.78 is 10.8. The van der Waals surface area contributed by atoms with Gasteiger partial charge in [-0.1, -0.05) is 17.7 Å². The summed E-state index contributed by atoms with van der Waals surface area (Å²) in [5, 5.41) is 6.73. The lowest BCUT2D eigenvalue weighted by atomic mass is 10.1. The predicted molar refractivity (Wildman–Crippen MR) is 98.1 cm³/mol. The van der Waals surface area contributed by atoms with Crippen LogP contribution in [-0.2, 0) is 11.2 Å². The van der Waals surface area contributed by atoms with Crippen molar-refractivity contribution < 1.29 is 9.47 Å². The molecule has 0 atom stereocenters. The fraction of sp³-hybridized carbons (Fsp3) is 0.611. The molecule has 0 amide bonds. The standard InChI is InChI=1S/C18H30N4O2/c1-15-4-5-17(23-3)16(14-15)6-7-20-18(19-2)21-8-9-22-10-12-24-13-11-22/h4-5,14H,6-13H2,1-3H3,(H2,19,20,21). The highest BCUT2D eigenvalue weighted by atomic mass is 16.5. The van der Waals surface area contributed by atoms with Gasteiger partial charge in [-0.25, -0.2) is 0 Å². The van der Waals surface area contributed by atoms with Crippen LogP contribution in [0.2, 0.25) is 0 Å². The summed E-state index contributed by atoms with van der Waals surface area (Å²) in [7, 11) is 3.52. The largest absolute Gasteiger partial charge is 0.496 e. The molecule has 6 heteroatoms. The number of guanidine groups is 1. The van der Waals surface area contributed by atoms with E-state index in [0.717, 1.165) is 64.1 Å². The highest BCUT2D eigenvalue weighted by Crippen LogP contribution is 2.19. The average Bonchev–Trinajstić information content (AvgIpc) is 2.61. The zero-order chi connectivity index (χ0) is 17.2. The zero-order valence-corrected chi connectivity index (χ0v) is 15.1. The molecule has 0 radical (unpaired) electrons. The fourth-order valence-electron chi connectivity index (χ4n) is 2.80. The number of hydrogen-bond donors (Lipinski definition) is 2.